The van der Waals surface area contributed by atoms with Crippen molar-refractivity contribution in [1.29, 1.82) is 0 Å². The molecule has 1 heterocycles. The van der Waals surface area contributed by atoms with Crippen molar-refractivity contribution in [3.05, 3.63) is 12.2 Å². The molecule has 56 valence electrons. The molecule has 1 aliphatic rings. The molecule has 0 amide bonds. The maximum atomic E-state index is 11.2. The Bertz CT molecular complexity index is 157. The highest BCUT2D eigenvalue weighted by Crippen LogP contribution is 2.25. The molecule has 1 atom stereocenters. The van der Waals surface area contributed by atoms with Gasteiger partial charge in [-0.1, -0.05) is 6.58 Å². The minimum Gasteiger partial charge on any atom is -0.294 e. The van der Waals surface area contributed by atoms with E-state index in [9.17, 15) is 4.79 Å². The second-order valence-electron chi connectivity index (χ2n) is 2.71. The predicted octanol–water partition coefficient (Wildman–Crippen LogP) is 1.88. The summed E-state index contributed by atoms with van der Waals surface area (Å²) in [7, 11) is 0. The van der Waals surface area contributed by atoms with Crippen molar-refractivity contribution in [2.45, 2.75) is 13.3 Å². The molecular formula is C8H12OS. The van der Waals surface area contributed by atoms with E-state index in [1.165, 1.54) is 0 Å². The van der Waals surface area contributed by atoms with Gasteiger partial charge in [0, 0.05) is 11.7 Å². The SMILES string of the molecule is C=C(C)C(=O)C1CCSC1. The number of rotatable bonds is 2. The molecule has 0 N–H and O–H groups in total. The quantitative estimate of drug-likeness (QED) is 0.568. The van der Waals surface area contributed by atoms with Crippen LogP contribution in [0.25, 0.3) is 0 Å². The van der Waals surface area contributed by atoms with Gasteiger partial charge in [-0.2, -0.15) is 11.8 Å². The molecule has 0 radical (unpaired) electrons. The third-order valence-electron chi connectivity index (χ3n) is 1.72. The number of thioether (sulfide) groups is 1. The maximum Gasteiger partial charge on any atom is 0.161 e. The third kappa shape index (κ3) is 1.63. The third-order valence-corrected chi connectivity index (χ3v) is 2.88. The van der Waals surface area contributed by atoms with Gasteiger partial charge in [0.25, 0.3) is 0 Å². The standard InChI is InChI=1S/C8H12OS/c1-6(2)8(9)7-3-4-10-5-7/h7H,1,3-5H2,2H3. The van der Waals surface area contributed by atoms with E-state index < -0.39 is 0 Å². The lowest BCUT2D eigenvalue weighted by Gasteiger charge is -2.04. The molecule has 0 aromatic rings. The second-order valence-corrected chi connectivity index (χ2v) is 3.85. The van der Waals surface area contributed by atoms with Crippen LogP contribution in [0.3, 0.4) is 0 Å². The van der Waals surface area contributed by atoms with Crippen LogP contribution < -0.4 is 0 Å². The number of hydrogen-bond donors (Lipinski definition) is 0. The van der Waals surface area contributed by atoms with Crippen molar-refractivity contribution in [2.75, 3.05) is 11.5 Å². The van der Waals surface area contributed by atoms with Crippen LogP contribution in [0.2, 0.25) is 0 Å². The minimum atomic E-state index is 0.269. The maximum absolute atomic E-state index is 11.2. The molecule has 1 rings (SSSR count). The zero-order valence-corrected chi connectivity index (χ0v) is 7.04. The van der Waals surface area contributed by atoms with Crippen molar-refractivity contribution >= 4 is 17.5 Å². The molecule has 1 aliphatic heterocycles. The first kappa shape index (κ1) is 7.86. The monoisotopic (exact) mass is 156 g/mol. The topological polar surface area (TPSA) is 17.1 Å². The Morgan fingerprint density at radius 1 is 1.70 bits per heavy atom. The summed E-state index contributed by atoms with van der Waals surface area (Å²) in [5.74, 6) is 2.70. The number of carbonyl (C=O) groups excluding carboxylic acids is 1. The Kier molecular flexibility index (Phi) is 2.55. The van der Waals surface area contributed by atoms with Crippen LogP contribution in [0, 0.1) is 5.92 Å². The number of allylic oxidation sites excluding steroid dienone is 1. The molecule has 1 saturated heterocycles. The van der Waals surface area contributed by atoms with Gasteiger partial charge in [-0.25, -0.2) is 0 Å². The molecule has 0 aromatic carbocycles. The highest BCUT2D eigenvalue weighted by Gasteiger charge is 2.22. The Balaban J connectivity index is 2.48. The first-order valence-corrected chi connectivity index (χ1v) is 4.64. The predicted molar refractivity (Wildman–Crippen MR) is 45.3 cm³/mol. The largest absolute Gasteiger partial charge is 0.294 e. The smallest absolute Gasteiger partial charge is 0.161 e. The summed E-state index contributed by atoms with van der Waals surface area (Å²) >= 11 is 1.87. The lowest BCUT2D eigenvalue weighted by Crippen LogP contribution is -2.13. The fourth-order valence-electron chi connectivity index (χ4n) is 1.09. The Hall–Kier alpha value is -0.240. The van der Waals surface area contributed by atoms with Crippen LogP contribution in [-0.4, -0.2) is 17.3 Å². The number of Topliss-reactive ketones (excluding diaryl/α,β-unsaturated/α-hetero) is 1. The lowest BCUT2D eigenvalue weighted by atomic mass is 9.99. The van der Waals surface area contributed by atoms with Gasteiger partial charge in [0.05, 0.1) is 0 Å². The summed E-state index contributed by atoms with van der Waals surface area (Å²) in [6.45, 7) is 5.44. The van der Waals surface area contributed by atoms with Crippen LogP contribution >= 0.6 is 11.8 Å². The van der Waals surface area contributed by atoms with Crippen molar-refractivity contribution < 1.29 is 4.79 Å². The van der Waals surface area contributed by atoms with Gasteiger partial charge in [0.2, 0.25) is 0 Å². The van der Waals surface area contributed by atoms with E-state index in [-0.39, 0.29) is 11.7 Å². The van der Waals surface area contributed by atoms with Crippen LogP contribution in [0.4, 0.5) is 0 Å². The normalized spacial score (nSPS) is 24.7. The second kappa shape index (κ2) is 3.24. The Labute approximate surface area is 65.9 Å². The van der Waals surface area contributed by atoms with Crippen molar-refractivity contribution in [1.82, 2.24) is 0 Å². The molecule has 10 heavy (non-hydrogen) atoms. The van der Waals surface area contributed by atoms with Crippen LogP contribution in [-0.2, 0) is 4.79 Å². The van der Waals surface area contributed by atoms with E-state index in [0.29, 0.717) is 5.57 Å². The van der Waals surface area contributed by atoms with E-state index in [2.05, 4.69) is 6.58 Å². The summed E-state index contributed by atoms with van der Waals surface area (Å²) in [5, 5.41) is 0. The average molecular weight is 156 g/mol. The number of hydrogen-bond acceptors (Lipinski definition) is 2. The molecule has 0 aromatic heterocycles. The van der Waals surface area contributed by atoms with Crippen molar-refractivity contribution in [2.24, 2.45) is 5.92 Å². The Morgan fingerprint density at radius 2 is 2.40 bits per heavy atom. The van der Waals surface area contributed by atoms with Gasteiger partial charge in [-0.15, -0.1) is 0 Å². The van der Waals surface area contributed by atoms with Gasteiger partial charge in [-0.3, -0.25) is 4.79 Å². The van der Waals surface area contributed by atoms with E-state index in [0.717, 1.165) is 17.9 Å². The average Bonchev–Trinajstić information content (AvgIpc) is 2.36. The molecule has 0 saturated carbocycles. The number of ketones is 1. The molecule has 1 fully saturated rings. The van der Waals surface area contributed by atoms with Crippen molar-refractivity contribution in [3.8, 4) is 0 Å². The summed E-state index contributed by atoms with van der Waals surface area (Å²) in [5.41, 5.74) is 0.715. The van der Waals surface area contributed by atoms with Gasteiger partial charge < -0.3 is 0 Å². The highest BCUT2D eigenvalue weighted by molar-refractivity contribution is 7.99. The summed E-state index contributed by atoms with van der Waals surface area (Å²) in [4.78, 5) is 11.2. The summed E-state index contributed by atoms with van der Waals surface area (Å²) in [6.07, 6.45) is 1.05. The van der Waals surface area contributed by atoms with Gasteiger partial charge in [0.1, 0.15) is 0 Å². The highest BCUT2D eigenvalue weighted by atomic mass is 32.2. The number of carbonyl (C=O) groups is 1. The van der Waals surface area contributed by atoms with Gasteiger partial charge >= 0.3 is 0 Å². The molecule has 1 unspecified atom stereocenters. The summed E-state index contributed by atoms with van der Waals surface area (Å²) < 4.78 is 0. The van der Waals surface area contributed by atoms with Crippen LogP contribution in [0.1, 0.15) is 13.3 Å². The minimum absolute atomic E-state index is 0.269. The van der Waals surface area contributed by atoms with E-state index in [1.54, 1.807) is 6.92 Å². The van der Waals surface area contributed by atoms with Crippen molar-refractivity contribution in [3.63, 3.8) is 0 Å². The molecule has 0 bridgehead atoms. The van der Waals surface area contributed by atoms with Crippen LogP contribution in [0.5, 0.6) is 0 Å². The van der Waals surface area contributed by atoms with Gasteiger partial charge in [0.15, 0.2) is 5.78 Å². The molecule has 1 nitrogen and oxygen atoms in total. The fourth-order valence-corrected chi connectivity index (χ4v) is 2.31. The molecule has 0 aliphatic carbocycles. The zero-order chi connectivity index (χ0) is 7.56. The molecule has 0 spiro atoms. The first-order valence-electron chi connectivity index (χ1n) is 3.49. The van der Waals surface area contributed by atoms with E-state index in [1.807, 2.05) is 11.8 Å². The lowest BCUT2D eigenvalue weighted by molar-refractivity contribution is -0.118. The van der Waals surface area contributed by atoms with E-state index in [4.69, 9.17) is 0 Å². The Morgan fingerprint density at radius 3 is 2.80 bits per heavy atom. The van der Waals surface area contributed by atoms with Crippen LogP contribution in [0.15, 0.2) is 12.2 Å². The zero-order valence-electron chi connectivity index (χ0n) is 6.22. The van der Waals surface area contributed by atoms with E-state index >= 15 is 0 Å². The molecule has 2 heteroatoms. The summed E-state index contributed by atoms with van der Waals surface area (Å²) in [6, 6.07) is 0. The fraction of sp³-hybridized carbons (Fsp3) is 0.625. The van der Waals surface area contributed by atoms with Gasteiger partial charge in [-0.05, 0) is 24.7 Å². The first-order chi connectivity index (χ1) is 4.72. The molecular weight excluding hydrogens is 144 g/mol.